The molecule has 2 aromatic carbocycles. The summed E-state index contributed by atoms with van der Waals surface area (Å²) >= 11 is 0. The van der Waals surface area contributed by atoms with Crippen molar-refractivity contribution in [2.75, 3.05) is 17.2 Å². The fourth-order valence-electron chi connectivity index (χ4n) is 1.90. The summed E-state index contributed by atoms with van der Waals surface area (Å²) in [6.45, 7) is 2.35. The number of benzene rings is 2. The number of hydrogen-bond acceptors (Lipinski definition) is 2. The van der Waals surface area contributed by atoms with Crippen LogP contribution in [0.25, 0.3) is 0 Å². The zero-order chi connectivity index (χ0) is 13.1. The lowest BCUT2D eigenvalue weighted by Gasteiger charge is -2.25. The molecule has 0 atom stereocenters. The molecular weight excluding hydrogens is 234 g/mol. The predicted molar refractivity (Wildman–Crippen MR) is 69.9 cm³/mol. The van der Waals surface area contributed by atoms with Gasteiger partial charge in [0.25, 0.3) is 0 Å². The van der Waals surface area contributed by atoms with Crippen LogP contribution in [0.3, 0.4) is 0 Å². The van der Waals surface area contributed by atoms with Crippen LogP contribution in [-0.4, -0.2) is 6.54 Å². The van der Waals surface area contributed by atoms with Gasteiger partial charge in [-0.1, -0.05) is 18.2 Å². The molecule has 0 saturated carbocycles. The normalized spacial score (nSPS) is 10.4. The van der Waals surface area contributed by atoms with E-state index in [2.05, 4.69) is 0 Å². The zero-order valence-corrected chi connectivity index (χ0v) is 10.0. The number of nitrogens with two attached hydrogens (primary N) is 1. The lowest BCUT2D eigenvalue weighted by atomic mass is 10.2. The minimum atomic E-state index is -0.498. The first kappa shape index (κ1) is 12.4. The molecule has 0 aromatic heterocycles. The largest absolute Gasteiger partial charge is 0.395 e. The van der Waals surface area contributed by atoms with Crippen molar-refractivity contribution in [2.45, 2.75) is 6.92 Å². The maximum Gasteiger partial charge on any atom is 0.148 e. The molecule has 0 bridgehead atoms. The van der Waals surface area contributed by atoms with Crippen LogP contribution >= 0.6 is 0 Å². The molecule has 0 fully saturated rings. The number of anilines is 3. The average molecular weight is 248 g/mol. The predicted octanol–water partition coefficient (Wildman–Crippen LogP) is 3.71. The maximum atomic E-state index is 13.8. The molecule has 2 N–H and O–H groups in total. The van der Waals surface area contributed by atoms with Gasteiger partial charge in [-0.25, -0.2) is 8.78 Å². The molecule has 0 amide bonds. The monoisotopic (exact) mass is 248 g/mol. The Kier molecular flexibility index (Phi) is 3.46. The first-order valence-corrected chi connectivity index (χ1v) is 5.71. The highest BCUT2D eigenvalue weighted by Crippen LogP contribution is 2.32. The lowest BCUT2D eigenvalue weighted by molar-refractivity contribution is 0.623. The van der Waals surface area contributed by atoms with Crippen molar-refractivity contribution in [3.8, 4) is 0 Å². The summed E-state index contributed by atoms with van der Waals surface area (Å²) < 4.78 is 27.2. The van der Waals surface area contributed by atoms with Gasteiger partial charge in [0.2, 0.25) is 0 Å². The molecule has 2 aromatic rings. The van der Waals surface area contributed by atoms with E-state index >= 15 is 0 Å². The van der Waals surface area contributed by atoms with Gasteiger partial charge in [-0.05, 0) is 31.2 Å². The molecule has 94 valence electrons. The van der Waals surface area contributed by atoms with E-state index in [0.717, 1.165) is 0 Å². The summed E-state index contributed by atoms with van der Waals surface area (Å²) in [4.78, 5) is 1.65. The number of hydrogen-bond donors (Lipinski definition) is 1. The summed E-state index contributed by atoms with van der Waals surface area (Å²) in [5, 5.41) is 0. The van der Waals surface area contributed by atoms with Crippen molar-refractivity contribution in [1.82, 2.24) is 0 Å². The van der Waals surface area contributed by atoms with Crippen molar-refractivity contribution in [3.05, 3.63) is 54.1 Å². The fraction of sp³-hybridized carbons (Fsp3) is 0.143. The Morgan fingerprint density at radius 3 is 2.22 bits per heavy atom. The minimum absolute atomic E-state index is 0.0302. The van der Waals surface area contributed by atoms with Crippen LogP contribution in [0.15, 0.2) is 42.5 Å². The van der Waals surface area contributed by atoms with Crippen LogP contribution in [0, 0.1) is 11.6 Å². The van der Waals surface area contributed by atoms with Gasteiger partial charge in [0.1, 0.15) is 11.6 Å². The van der Waals surface area contributed by atoms with E-state index < -0.39 is 5.82 Å². The number of rotatable bonds is 3. The highest BCUT2D eigenvalue weighted by atomic mass is 19.1. The number of para-hydroxylation sites is 2. The molecular formula is C14H14F2N2. The van der Waals surface area contributed by atoms with Crippen LogP contribution in [0.2, 0.25) is 0 Å². The molecule has 0 aliphatic carbocycles. The average Bonchev–Trinajstić information content (AvgIpc) is 2.37. The Hall–Kier alpha value is -2.10. The molecule has 0 aliphatic rings. The van der Waals surface area contributed by atoms with Crippen molar-refractivity contribution >= 4 is 17.1 Å². The first-order valence-electron chi connectivity index (χ1n) is 5.71. The second-order valence-electron chi connectivity index (χ2n) is 3.87. The first-order chi connectivity index (χ1) is 8.65. The lowest BCUT2D eigenvalue weighted by Crippen LogP contribution is -2.19. The highest BCUT2D eigenvalue weighted by Gasteiger charge is 2.15. The van der Waals surface area contributed by atoms with E-state index in [1.54, 1.807) is 35.2 Å². The molecule has 4 heteroatoms. The van der Waals surface area contributed by atoms with Gasteiger partial charge in [-0.2, -0.15) is 0 Å². The quantitative estimate of drug-likeness (QED) is 0.839. The molecule has 0 heterocycles. The van der Waals surface area contributed by atoms with Crippen LogP contribution < -0.4 is 10.6 Å². The number of nitrogen functional groups attached to an aromatic ring is 1. The summed E-state index contributed by atoms with van der Waals surface area (Å²) in [6, 6.07) is 10.9. The van der Waals surface area contributed by atoms with Crippen molar-refractivity contribution in [1.29, 1.82) is 0 Å². The van der Waals surface area contributed by atoms with Gasteiger partial charge in [0.15, 0.2) is 0 Å². The standard InChI is InChI=1S/C14H14F2N2/c1-2-18(12-8-4-3-6-10(12)15)13-9-5-7-11(16)14(13)17/h3-9H,2,17H2,1H3. The Morgan fingerprint density at radius 1 is 0.944 bits per heavy atom. The molecule has 0 saturated heterocycles. The molecule has 2 nitrogen and oxygen atoms in total. The summed E-state index contributed by atoms with van der Waals surface area (Å²) in [6.07, 6.45) is 0. The van der Waals surface area contributed by atoms with E-state index in [0.29, 0.717) is 17.9 Å². The minimum Gasteiger partial charge on any atom is -0.395 e. The third-order valence-corrected chi connectivity index (χ3v) is 2.78. The molecule has 18 heavy (non-hydrogen) atoms. The highest BCUT2D eigenvalue weighted by molar-refractivity contribution is 5.75. The zero-order valence-electron chi connectivity index (χ0n) is 10.0. The van der Waals surface area contributed by atoms with E-state index in [-0.39, 0.29) is 11.5 Å². The van der Waals surface area contributed by atoms with Gasteiger partial charge in [0, 0.05) is 6.54 Å². The fourth-order valence-corrected chi connectivity index (χ4v) is 1.90. The van der Waals surface area contributed by atoms with Crippen LogP contribution in [0.4, 0.5) is 25.8 Å². The Morgan fingerprint density at radius 2 is 1.56 bits per heavy atom. The Balaban J connectivity index is 2.53. The second-order valence-corrected chi connectivity index (χ2v) is 3.87. The Labute approximate surface area is 105 Å². The molecule has 0 spiro atoms. The number of nitrogens with zero attached hydrogens (tertiary/aromatic N) is 1. The SMILES string of the molecule is CCN(c1ccccc1F)c1cccc(F)c1N. The topological polar surface area (TPSA) is 29.3 Å². The summed E-state index contributed by atoms with van der Waals surface area (Å²) in [5.74, 6) is -0.856. The van der Waals surface area contributed by atoms with Gasteiger partial charge >= 0.3 is 0 Å². The van der Waals surface area contributed by atoms with Crippen molar-refractivity contribution < 1.29 is 8.78 Å². The van der Waals surface area contributed by atoms with Gasteiger partial charge in [-0.15, -0.1) is 0 Å². The van der Waals surface area contributed by atoms with Gasteiger partial charge in [-0.3, -0.25) is 0 Å². The summed E-state index contributed by atoms with van der Waals surface area (Å²) in [5.41, 5.74) is 6.60. The van der Waals surface area contributed by atoms with Crippen LogP contribution in [0.5, 0.6) is 0 Å². The van der Waals surface area contributed by atoms with E-state index in [9.17, 15) is 8.78 Å². The smallest absolute Gasteiger partial charge is 0.148 e. The van der Waals surface area contributed by atoms with Crippen LogP contribution in [-0.2, 0) is 0 Å². The van der Waals surface area contributed by atoms with E-state index in [4.69, 9.17) is 5.73 Å². The molecule has 0 unspecified atom stereocenters. The van der Waals surface area contributed by atoms with E-state index in [1.165, 1.54) is 12.1 Å². The summed E-state index contributed by atoms with van der Waals surface area (Å²) in [7, 11) is 0. The third-order valence-electron chi connectivity index (χ3n) is 2.78. The van der Waals surface area contributed by atoms with Gasteiger partial charge in [0.05, 0.1) is 17.1 Å². The number of halogens is 2. The Bertz CT molecular complexity index is 555. The third kappa shape index (κ3) is 2.14. The molecule has 2 rings (SSSR count). The van der Waals surface area contributed by atoms with Crippen molar-refractivity contribution in [2.24, 2.45) is 0 Å². The van der Waals surface area contributed by atoms with Crippen molar-refractivity contribution in [3.63, 3.8) is 0 Å². The molecule has 0 aliphatic heterocycles. The van der Waals surface area contributed by atoms with Gasteiger partial charge < -0.3 is 10.6 Å². The van der Waals surface area contributed by atoms with E-state index in [1.807, 2.05) is 6.92 Å². The van der Waals surface area contributed by atoms with Crippen LogP contribution in [0.1, 0.15) is 6.92 Å². The maximum absolute atomic E-state index is 13.8. The molecule has 0 radical (unpaired) electrons. The second kappa shape index (κ2) is 5.04.